The maximum Gasteiger partial charge on any atom is 0.0540 e. The van der Waals surface area contributed by atoms with Crippen molar-refractivity contribution in [3.05, 3.63) is 0 Å². The Morgan fingerprint density at radius 1 is 0.727 bits per heavy atom. The third-order valence-electron chi connectivity index (χ3n) is 2.07. The molecule has 0 radical (unpaired) electrons. The summed E-state index contributed by atoms with van der Waals surface area (Å²) in [5.41, 5.74) is 0. The van der Waals surface area contributed by atoms with Crippen LogP contribution in [0.1, 0.15) is 59.8 Å². The summed E-state index contributed by atoms with van der Waals surface area (Å²) in [6, 6.07) is 0. The van der Waals surface area contributed by atoms with E-state index < -0.39 is 0 Å². The summed E-state index contributed by atoms with van der Waals surface area (Å²) >= 11 is 0. The van der Waals surface area contributed by atoms with Crippen LogP contribution in [0.25, 0.3) is 0 Å². The van der Waals surface area contributed by atoms with E-state index in [1.165, 1.54) is 32.1 Å². The van der Waals surface area contributed by atoms with Crippen LogP contribution >= 0.6 is 0 Å². The molecule has 0 aliphatic heterocycles. The van der Waals surface area contributed by atoms with Crippen molar-refractivity contribution < 1.29 is 5.11 Å². The van der Waals surface area contributed by atoms with E-state index in [1.54, 1.807) is 0 Å². The van der Waals surface area contributed by atoms with Gasteiger partial charge in [0.2, 0.25) is 0 Å². The molecular formula is C10H24O. The van der Waals surface area contributed by atoms with Gasteiger partial charge in [-0.15, -0.1) is 0 Å². The van der Waals surface area contributed by atoms with E-state index in [4.69, 9.17) is 0 Å². The SMILES string of the molecule is C.C.OC1CCCCCCC1. The summed E-state index contributed by atoms with van der Waals surface area (Å²) in [4.78, 5) is 0. The lowest BCUT2D eigenvalue weighted by atomic mass is 9.99. The molecule has 1 N–H and O–H groups in total. The standard InChI is InChI=1S/C8H16O.2CH4/c9-8-6-4-2-1-3-5-7-8;;/h8-9H,1-7H2;2*1H4. The molecule has 1 heteroatoms. The zero-order valence-corrected chi connectivity index (χ0v) is 5.97. The van der Waals surface area contributed by atoms with Crippen LogP contribution in [0.4, 0.5) is 0 Å². The Bertz CT molecular complexity index is 63.3. The highest BCUT2D eigenvalue weighted by molar-refractivity contribution is 4.60. The highest BCUT2D eigenvalue weighted by Crippen LogP contribution is 2.16. The van der Waals surface area contributed by atoms with Gasteiger partial charge in [0, 0.05) is 0 Å². The Kier molecular flexibility index (Phi) is 9.92. The fraction of sp³-hybridized carbons (Fsp3) is 1.00. The second-order valence-electron chi connectivity index (χ2n) is 3.00. The topological polar surface area (TPSA) is 20.2 Å². The van der Waals surface area contributed by atoms with Crippen molar-refractivity contribution in [1.82, 2.24) is 0 Å². The van der Waals surface area contributed by atoms with Gasteiger partial charge < -0.3 is 5.11 Å². The lowest BCUT2D eigenvalue weighted by molar-refractivity contribution is 0.141. The predicted octanol–water partition coefficient (Wildman–Crippen LogP) is 3.36. The average Bonchev–Trinajstić information content (AvgIpc) is 1.79. The Morgan fingerprint density at radius 3 is 1.55 bits per heavy atom. The second-order valence-corrected chi connectivity index (χ2v) is 3.00. The average molecular weight is 160 g/mol. The van der Waals surface area contributed by atoms with Crippen LogP contribution in [-0.2, 0) is 0 Å². The first kappa shape index (κ1) is 13.5. The van der Waals surface area contributed by atoms with E-state index in [0.29, 0.717) is 0 Å². The number of hydrogen-bond acceptors (Lipinski definition) is 1. The molecule has 0 spiro atoms. The first-order valence-electron chi connectivity index (χ1n) is 4.07. The largest absolute Gasteiger partial charge is 0.393 e. The van der Waals surface area contributed by atoms with Crippen molar-refractivity contribution in [1.29, 1.82) is 0 Å². The molecule has 1 rings (SSSR count). The summed E-state index contributed by atoms with van der Waals surface area (Å²) in [6.07, 6.45) is 8.62. The van der Waals surface area contributed by atoms with Crippen LogP contribution in [0, 0.1) is 0 Å². The number of rotatable bonds is 0. The number of aliphatic hydroxyl groups excluding tert-OH is 1. The van der Waals surface area contributed by atoms with E-state index in [1.807, 2.05) is 0 Å². The fourth-order valence-corrected chi connectivity index (χ4v) is 1.43. The molecule has 0 amide bonds. The number of hydrogen-bond donors (Lipinski definition) is 1. The molecule has 1 aliphatic carbocycles. The molecule has 1 saturated carbocycles. The van der Waals surface area contributed by atoms with E-state index in [9.17, 15) is 5.11 Å². The molecule has 0 heterocycles. The van der Waals surface area contributed by atoms with Gasteiger partial charge in [-0.3, -0.25) is 0 Å². The third-order valence-corrected chi connectivity index (χ3v) is 2.07. The summed E-state index contributed by atoms with van der Waals surface area (Å²) in [6.45, 7) is 0. The molecule has 0 bridgehead atoms. The van der Waals surface area contributed by atoms with Gasteiger partial charge in [0.1, 0.15) is 0 Å². The summed E-state index contributed by atoms with van der Waals surface area (Å²) in [5, 5.41) is 9.21. The molecule has 0 atom stereocenters. The molecule has 1 aliphatic rings. The Balaban J connectivity index is 0. The molecule has 0 unspecified atom stereocenters. The Hall–Kier alpha value is -0.0400. The van der Waals surface area contributed by atoms with Gasteiger partial charge in [-0.2, -0.15) is 0 Å². The normalized spacial score (nSPS) is 20.5. The molecule has 70 valence electrons. The lowest BCUT2D eigenvalue weighted by Crippen LogP contribution is -2.07. The second kappa shape index (κ2) is 8.06. The van der Waals surface area contributed by atoms with E-state index in [0.717, 1.165) is 12.8 Å². The van der Waals surface area contributed by atoms with E-state index in [-0.39, 0.29) is 21.0 Å². The maximum atomic E-state index is 9.21. The van der Waals surface area contributed by atoms with Crippen LogP contribution in [0.5, 0.6) is 0 Å². The minimum Gasteiger partial charge on any atom is -0.393 e. The van der Waals surface area contributed by atoms with Gasteiger partial charge in [0.15, 0.2) is 0 Å². The van der Waals surface area contributed by atoms with Crippen molar-refractivity contribution in [3.63, 3.8) is 0 Å². The molecule has 1 nitrogen and oxygen atoms in total. The molecule has 0 saturated heterocycles. The Labute approximate surface area is 71.8 Å². The molecule has 11 heavy (non-hydrogen) atoms. The highest BCUT2D eigenvalue weighted by Gasteiger charge is 2.05. The van der Waals surface area contributed by atoms with Crippen LogP contribution in [0.2, 0.25) is 0 Å². The molecule has 0 aromatic rings. The van der Waals surface area contributed by atoms with Crippen molar-refractivity contribution in [3.8, 4) is 0 Å². The van der Waals surface area contributed by atoms with Gasteiger partial charge in [-0.05, 0) is 12.8 Å². The van der Waals surface area contributed by atoms with E-state index >= 15 is 0 Å². The zero-order chi connectivity index (χ0) is 6.53. The van der Waals surface area contributed by atoms with Gasteiger partial charge in [0.05, 0.1) is 6.10 Å². The summed E-state index contributed by atoms with van der Waals surface area (Å²) < 4.78 is 0. The minimum absolute atomic E-state index is 0. The molecule has 0 aromatic carbocycles. The van der Waals surface area contributed by atoms with Crippen molar-refractivity contribution >= 4 is 0 Å². The summed E-state index contributed by atoms with van der Waals surface area (Å²) in [5.74, 6) is 0. The summed E-state index contributed by atoms with van der Waals surface area (Å²) in [7, 11) is 0. The zero-order valence-electron chi connectivity index (χ0n) is 5.97. The number of aliphatic hydroxyl groups is 1. The van der Waals surface area contributed by atoms with Crippen molar-refractivity contribution in [2.24, 2.45) is 0 Å². The van der Waals surface area contributed by atoms with E-state index in [2.05, 4.69) is 0 Å². The molecule has 1 fully saturated rings. The fourth-order valence-electron chi connectivity index (χ4n) is 1.43. The maximum absolute atomic E-state index is 9.21. The molecule has 0 aromatic heterocycles. The highest BCUT2D eigenvalue weighted by atomic mass is 16.3. The van der Waals surface area contributed by atoms with Crippen LogP contribution in [0.15, 0.2) is 0 Å². The minimum atomic E-state index is 0. The monoisotopic (exact) mass is 160 g/mol. The molecular weight excluding hydrogens is 136 g/mol. The smallest absolute Gasteiger partial charge is 0.0540 e. The van der Waals surface area contributed by atoms with Crippen LogP contribution < -0.4 is 0 Å². The van der Waals surface area contributed by atoms with Gasteiger partial charge in [0.25, 0.3) is 0 Å². The van der Waals surface area contributed by atoms with Gasteiger partial charge >= 0.3 is 0 Å². The third kappa shape index (κ3) is 6.36. The Morgan fingerprint density at radius 2 is 1.09 bits per heavy atom. The first-order valence-corrected chi connectivity index (χ1v) is 4.07. The van der Waals surface area contributed by atoms with Gasteiger partial charge in [-0.1, -0.05) is 47.0 Å². The first-order chi connectivity index (χ1) is 4.39. The van der Waals surface area contributed by atoms with Crippen LogP contribution in [0.3, 0.4) is 0 Å². The van der Waals surface area contributed by atoms with Crippen molar-refractivity contribution in [2.75, 3.05) is 0 Å². The predicted molar refractivity (Wildman–Crippen MR) is 51.8 cm³/mol. The lowest BCUT2D eigenvalue weighted by Gasteiger charge is -2.13. The van der Waals surface area contributed by atoms with Crippen molar-refractivity contribution in [2.45, 2.75) is 65.9 Å². The van der Waals surface area contributed by atoms with Gasteiger partial charge in [-0.25, -0.2) is 0 Å². The quantitative estimate of drug-likeness (QED) is 0.576. The van der Waals surface area contributed by atoms with Crippen LogP contribution in [-0.4, -0.2) is 11.2 Å².